The van der Waals surface area contributed by atoms with Crippen LogP contribution >= 0.6 is 0 Å². The van der Waals surface area contributed by atoms with E-state index in [1.54, 1.807) is 0 Å². The number of benzene rings is 3. The molecule has 314 valence electrons. The van der Waals surface area contributed by atoms with Gasteiger partial charge in [0.1, 0.15) is 0 Å². The number of unbranched alkanes of at least 4 members (excludes halogenated alkanes) is 12. The first kappa shape index (κ1) is 46.1. The zero-order chi connectivity index (χ0) is 40.5. The Morgan fingerprint density at radius 1 is 0.684 bits per heavy atom. The summed E-state index contributed by atoms with van der Waals surface area (Å²) >= 11 is 0. The van der Waals surface area contributed by atoms with Gasteiger partial charge in [0.05, 0.1) is 18.8 Å². The fourth-order valence-corrected chi connectivity index (χ4v) is 7.71. The van der Waals surface area contributed by atoms with E-state index in [1.807, 2.05) is 24.3 Å². The smallest absolute Gasteiger partial charge is 0.220 e. The third-order valence-electron chi connectivity index (χ3n) is 11.1. The highest BCUT2D eigenvalue weighted by Gasteiger charge is 2.33. The second-order valence-corrected chi connectivity index (χ2v) is 16.1. The third kappa shape index (κ3) is 17.9. The first-order valence-corrected chi connectivity index (χ1v) is 22.3. The summed E-state index contributed by atoms with van der Waals surface area (Å²) in [6.45, 7) is 10.3. The van der Waals surface area contributed by atoms with Gasteiger partial charge in [-0.2, -0.15) is 0 Å². The van der Waals surface area contributed by atoms with Crippen LogP contribution in [0.1, 0.15) is 165 Å². The summed E-state index contributed by atoms with van der Waals surface area (Å²) < 4.78 is 13.7. The van der Waals surface area contributed by atoms with Crippen molar-refractivity contribution < 1.29 is 24.2 Å². The quantitative estimate of drug-likeness (QED) is 0.0634. The fourth-order valence-electron chi connectivity index (χ4n) is 7.71. The molecular weight excluding hydrogens is 711 g/mol. The van der Waals surface area contributed by atoms with Gasteiger partial charge < -0.3 is 30.1 Å². The number of carbonyl (C=O) groups is 2. The predicted octanol–water partition coefficient (Wildman–Crippen LogP) is 10.7. The molecule has 0 radical (unpaired) electrons. The van der Waals surface area contributed by atoms with Crippen molar-refractivity contribution in [3.05, 3.63) is 95.1 Å². The minimum Gasteiger partial charge on any atom is -0.392 e. The monoisotopic (exact) mass is 784 g/mol. The van der Waals surface area contributed by atoms with Crippen molar-refractivity contribution in [1.29, 1.82) is 0 Å². The number of hydrogen-bond acceptors (Lipinski definition) is 6. The Bertz CT molecular complexity index is 1550. The van der Waals surface area contributed by atoms with Crippen molar-refractivity contribution in [3.8, 4) is 11.1 Å². The number of ether oxygens (including phenoxy) is 2. The van der Waals surface area contributed by atoms with Gasteiger partial charge in [-0.25, -0.2) is 0 Å². The van der Waals surface area contributed by atoms with E-state index in [0.717, 1.165) is 78.7 Å². The highest BCUT2D eigenvalue weighted by Crippen LogP contribution is 2.39. The first-order valence-electron chi connectivity index (χ1n) is 22.3. The van der Waals surface area contributed by atoms with Crippen LogP contribution in [0.3, 0.4) is 0 Å². The second-order valence-electron chi connectivity index (χ2n) is 16.1. The van der Waals surface area contributed by atoms with Gasteiger partial charge in [-0.15, -0.1) is 0 Å². The second kappa shape index (κ2) is 27.2. The molecule has 0 bridgehead atoms. The number of nitrogens with zero attached hydrogens (tertiary/aromatic N) is 1. The molecule has 3 N–H and O–H groups in total. The average Bonchev–Trinajstić information content (AvgIpc) is 3.23. The van der Waals surface area contributed by atoms with Crippen molar-refractivity contribution in [2.75, 3.05) is 26.2 Å². The average molecular weight is 784 g/mol. The van der Waals surface area contributed by atoms with Crippen LogP contribution in [-0.4, -0.2) is 54.1 Å². The van der Waals surface area contributed by atoms with Crippen molar-refractivity contribution in [1.82, 2.24) is 15.5 Å². The van der Waals surface area contributed by atoms with Crippen LogP contribution in [0.2, 0.25) is 0 Å². The van der Waals surface area contributed by atoms with Gasteiger partial charge in [0.25, 0.3) is 0 Å². The molecule has 1 aliphatic heterocycles. The molecule has 0 spiro atoms. The van der Waals surface area contributed by atoms with Crippen molar-refractivity contribution >= 4 is 11.8 Å². The predicted molar refractivity (Wildman–Crippen MR) is 232 cm³/mol. The third-order valence-corrected chi connectivity index (χ3v) is 11.1. The summed E-state index contributed by atoms with van der Waals surface area (Å²) in [6, 6.07) is 25.0. The van der Waals surface area contributed by atoms with E-state index in [0.29, 0.717) is 19.5 Å². The van der Waals surface area contributed by atoms with E-state index in [4.69, 9.17) is 9.47 Å². The van der Waals surface area contributed by atoms with Gasteiger partial charge in [0.15, 0.2) is 6.29 Å². The maximum Gasteiger partial charge on any atom is 0.220 e. The van der Waals surface area contributed by atoms with Gasteiger partial charge in [-0.1, -0.05) is 145 Å². The normalized spacial score (nSPS) is 16.8. The van der Waals surface area contributed by atoms with E-state index in [1.165, 1.54) is 84.0 Å². The summed E-state index contributed by atoms with van der Waals surface area (Å²) in [6.07, 6.45) is 18.7. The first-order chi connectivity index (χ1) is 27.9. The number of carbonyl (C=O) groups excluding carboxylic acids is 2. The van der Waals surface area contributed by atoms with Crippen molar-refractivity contribution in [2.24, 2.45) is 0 Å². The molecule has 0 unspecified atom stereocenters. The summed E-state index contributed by atoms with van der Waals surface area (Å²) in [4.78, 5) is 26.3. The van der Waals surface area contributed by atoms with Gasteiger partial charge in [-0.05, 0) is 78.7 Å². The largest absolute Gasteiger partial charge is 0.392 e. The van der Waals surface area contributed by atoms with Crippen molar-refractivity contribution in [2.45, 2.75) is 162 Å². The number of aliphatic hydroxyl groups is 1. The minimum atomic E-state index is -0.517. The van der Waals surface area contributed by atoms with Gasteiger partial charge >= 0.3 is 0 Å². The Labute approximate surface area is 344 Å². The summed E-state index contributed by atoms with van der Waals surface area (Å²) in [5.74, 6) is 0.0251. The van der Waals surface area contributed by atoms with E-state index < -0.39 is 6.29 Å². The van der Waals surface area contributed by atoms with Crippen molar-refractivity contribution in [3.63, 3.8) is 0 Å². The topological polar surface area (TPSA) is 100 Å². The Morgan fingerprint density at radius 2 is 1.32 bits per heavy atom. The zero-order valence-corrected chi connectivity index (χ0v) is 35.5. The minimum absolute atomic E-state index is 0.0132. The maximum absolute atomic E-state index is 12.6. The van der Waals surface area contributed by atoms with E-state index in [2.05, 4.69) is 77.9 Å². The molecule has 1 aliphatic rings. The molecule has 1 heterocycles. The lowest BCUT2D eigenvalue weighted by Crippen LogP contribution is -2.40. The standard InChI is InChI=1S/C49H73N3O5/c1-4-6-8-10-12-17-31-52(32-18-13-11-9-7-5-2)37-46-35-47(42-28-26-40(38-53)27-29-42)57-49(56-46)45-24-20-23-44(34-45)43-22-19-21-41(33-43)36-51-48(55)25-15-14-16-30-50-39(3)54/h19-24,26-29,33-34,46-47,49,53H,4-18,25,30-32,35-38H2,1-3H3,(H,50,54)(H,51,55)/t46-,47+,49+/m0/s1. The zero-order valence-electron chi connectivity index (χ0n) is 35.5. The fraction of sp³-hybridized carbons (Fsp3) is 0.592. The number of aliphatic hydroxyl groups excluding tert-OH is 1. The molecular formula is C49H73N3O5. The van der Waals surface area contributed by atoms with Crippen LogP contribution in [0.5, 0.6) is 0 Å². The van der Waals surface area contributed by atoms with Gasteiger partial charge in [0, 0.05) is 45.0 Å². The lowest BCUT2D eigenvalue weighted by Gasteiger charge is -2.38. The van der Waals surface area contributed by atoms with Crippen LogP contribution in [0.4, 0.5) is 0 Å². The van der Waals surface area contributed by atoms with Crippen LogP contribution < -0.4 is 10.6 Å². The van der Waals surface area contributed by atoms with E-state index in [-0.39, 0.29) is 30.6 Å². The summed E-state index contributed by atoms with van der Waals surface area (Å²) in [5, 5.41) is 15.6. The van der Waals surface area contributed by atoms with Crippen LogP contribution in [-0.2, 0) is 32.2 Å². The van der Waals surface area contributed by atoms with Gasteiger partial charge in [0.2, 0.25) is 11.8 Å². The molecule has 3 atom stereocenters. The molecule has 2 amide bonds. The Kier molecular flexibility index (Phi) is 22.0. The van der Waals surface area contributed by atoms with Gasteiger partial charge in [-0.3, -0.25) is 9.59 Å². The molecule has 3 aromatic rings. The molecule has 57 heavy (non-hydrogen) atoms. The summed E-state index contributed by atoms with van der Waals surface area (Å²) in [5.41, 5.74) is 6.20. The highest BCUT2D eigenvalue weighted by molar-refractivity contribution is 5.76. The molecule has 8 heteroatoms. The van der Waals surface area contributed by atoms with Crippen LogP contribution in [0.15, 0.2) is 72.8 Å². The SMILES string of the molecule is CCCCCCCCN(CCCCCCCC)C[C@@H]1C[C@H](c2ccc(CO)cc2)O[C@H](c2cccc(-c3cccc(CNC(=O)CCCCCNC(C)=O)c3)c2)O1. The Morgan fingerprint density at radius 3 is 1.98 bits per heavy atom. The Hall–Kier alpha value is -3.56. The molecule has 1 saturated heterocycles. The number of amides is 2. The Balaban J connectivity index is 1.44. The van der Waals surface area contributed by atoms with Crippen LogP contribution in [0, 0.1) is 0 Å². The maximum atomic E-state index is 12.6. The summed E-state index contributed by atoms with van der Waals surface area (Å²) in [7, 11) is 0. The molecule has 0 aromatic heterocycles. The number of nitrogens with one attached hydrogen (secondary N) is 2. The molecule has 0 saturated carbocycles. The lowest BCUT2D eigenvalue weighted by molar-refractivity contribution is -0.253. The molecule has 1 fully saturated rings. The molecule has 8 nitrogen and oxygen atoms in total. The lowest BCUT2D eigenvalue weighted by atomic mass is 9.98. The van der Waals surface area contributed by atoms with Crippen LogP contribution in [0.25, 0.3) is 11.1 Å². The molecule has 4 rings (SSSR count). The molecule has 3 aromatic carbocycles. The number of rotatable bonds is 28. The highest BCUT2D eigenvalue weighted by atomic mass is 16.7. The van der Waals surface area contributed by atoms with E-state index in [9.17, 15) is 14.7 Å². The number of hydrogen-bond donors (Lipinski definition) is 3. The molecule has 0 aliphatic carbocycles. The van der Waals surface area contributed by atoms with E-state index >= 15 is 0 Å².